The normalized spacial score (nSPS) is 15.3. The first-order chi connectivity index (χ1) is 30.6. The minimum Gasteiger partial charge on any atom is -0.459 e. The quantitative estimate of drug-likeness (QED) is 0.0540. The van der Waals surface area contributed by atoms with E-state index in [2.05, 4.69) is 26.6 Å². The van der Waals surface area contributed by atoms with Gasteiger partial charge in [0, 0.05) is 13.1 Å². The molecule has 64 heavy (non-hydrogen) atoms. The van der Waals surface area contributed by atoms with Gasteiger partial charge in [-0.15, -0.1) is 0 Å². The number of hydrogen-bond donors (Lipinski definition) is 5. The molecule has 17 nitrogen and oxygen atoms in total. The lowest BCUT2D eigenvalue weighted by atomic mass is 10.1. The summed E-state index contributed by atoms with van der Waals surface area (Å²) in [7, 11) is 0. The van der Waals surface area contributed by atoms with Gasteiger partial charge in [-0.1, -0.05) is 91.0 Å². The topological polar surface area (TPSA) is 220 Å². The van der Waals surface area contributed by atoms with Crippen LogP contribution in [0.4, 0.5) is 9.59 Å². The second-order valence-corrected chi connectivity index (χ2v) is 16.5. The summed E-state index contributed by atoms with van der Waals surface area (Å²) in [4.78, 5) is 94.1. The van der Waals surface area contributed by atoms with Crippen LogP contribution in [0.2, 0.25) is 0 Å². The van der Waals surface area contributed by atoms with E-state index in [0.29, 0.717) is 25.7 Å². The molecule has 0 spiro atoms. The fourth-order valence-corrected chi connectivity index (χ4v) is 6.60. The Labute approximate surface area is 374 Å². The second kappa shape index (κ2) is 25.6. The lowest BCUT2D eigenvalue weighted by Gasteiger charge is -2.30. The van der Waals surface area contributed by atoms with Gasteiger partial charge in [0.05, 0.1) is 13.2 Å². The minimum atomic E-state index is -1.18. The van der Waals surface area contributed by atoms with Crippen LogP contribution in [0, 0.1) is 0 Å². The van der Waals surface area contributed by atoms with Gasteiger partial charge < -0.3 is 50.4 Å². The summed E-state index contributed by atoms with van der Waals surface area (Å²) >= 11 is 0. The van der Waals surface area contributed by atoms with E-state index in [1.54, 1.807) is 32.9 Å². The highest BCUT2D eigenvalue weighted by Gasteiger charge is 2.39. The average Bonchev–Trinajstić information content (AvgIpc) is 3.77. The summed E-state index contributed by atoms with van der Waals surface area (Å²) in [6, 6.07) is 22.1. The zero-order valence-corrected chi connectivity index (χ0v) is 37.3. The van der Waals surface area contributed by atoms with Crippen molar-refractivity contribution in [2.24, 2.45) is 0 Å². The first-order valence-electron chi connectivity index (χ1n) is 21.6. The van der Waals surface area contributed by atoms with Crippen molar-refractivity contribution in [3.8, 4) is 0 Å². The number of benzene rings is 3. The number of amides is 6. The molecule has 0 saturated carbocycles. The van der Waals surface area contributed by atoms with Gasteiger partial charge in [-0.2, -0.15) is 0 Å². The zero-order valence-electron chi connectivity index (χ0n) is 37.3. The number of esters is 1. The largest absolute Gasteiger partial charge is 0.459 e. The number of carbonyl (C=O) groups excluding carboxylic acids is 7. The molecule has 1 aliphatic heterocycles. The Balaban J connectivity index is 1.35. The van der Waals surface area contributed by atoms with Crippen LogP contribution in [0.1, 0.15) is 83.4 Å². The van der Waals surface area contributed by atoms with Crippen molar-refractivity contribution in [2.45, 2.75) is 122 Å². The van der Waals surface area contributed by atoms with E-state index in [0.717, 1.165) is 16.7 Å². The van der Waals surface area contributed by atoms with Crippen molar-refractivity contribution in [3.63, 3.8) is 0 Å². The third kappa shape index (κ3) is 17.7. The maximum absolute atomic E-state index is 14.0. The van der Waals surface area contributed by atoms with Crippen LogP contribution in [-0.2, 0) is 62.7 Å². The maximum Gasteiger partial charge on any atom is 0.408 e. The van der Waals surface area contributed by atoms with Gasteiger partial charge in [0.25, 0.3) is 0 Å². The van der Waals surface area contributed by atoms with E-state index in [1.165, 1.54) is 18.7 Å². The van der Waals surface area contributed by atoms with Crippen molar-refractivity contribution in [1.29, 1.82) is 0 Å². The molecule has 0 bridgehead atoms. The molecular formula is C47H62N6O11. The molecule has 1 heterocycles. The highest BCUT2D eigenvalue weighted by atomic mass is 16.6. The van der Waals surface area contributed by atoms with Crippen LogP contribution in [-0.4, -0.2) is 102 Å². The van der Waals surface area contributed by atoms with Crippen LogP contribution >= 0.6 is 0 Å². The molecule has 3 aromatic carbocycles. The Hall–Kier alpha value is -6.49. The van der Waals surface area contributed by atoms with Gasteiger partial charge in [0.1, 0.15) is 49.0 Å². The number of nitrogens with one attached hydrogen (secondary N) is 5. The Morgan fingerprint density at radius 1 is 0.656 bits per heavy atom. The molecule has 17 heteroatoms. The number of alkyl carbamates (subject to hydrolysis) is 2. The first kappa shape index (κ1) is 50.2. The summed E-state index contributed by atoms with van der Waals surface area (Å²) in [5, 5.41) is 13.3. The van der Waals surface area contributed by atoms with Crippen LogP contribution < -0.4 is 26.6 Å². The number of nitrogens with zero attached hydrogens (tertiary/aromatic N) is 1. The van der Waals surface area contributed by atoms with E-state index < -0.39 is 77.6 Å². The number of hydrogen-bond acceptors (Lipinski definition) is 11. The molecule has 3 aromatic rings. The molecule has 1 fully saturated rings. The molecule has 4 rings (SSSR count). The summed E-state index contributed by atoms with van der Waals surface area (Å²) in [5.74, 6) is -3.18. The molecule has 0 aliphatic carbocycles. The van der Waals surface area contributed by atoms with Crippen molar-refractivity contribution < 1.29 is 52.5 Å². The Kier molecular flexibility index (Phi) is 20.0. The van der Waals surface area contributed by atoms with Gasteiger partial charge in [0.2, 0.25) is 23.6 Å². The standard InChI is InChI=1S/C47H62N6O11/c1-32(49-42(56)39-25-17-27-53(39)43(57)38(52-46(60)64-47(3,4)5)31-61-28-34-18-9-6-10-19-34)40(54)51-37(24-15-16-26-48-45(59)63-30-36-22-13-8-14-23-36)41(55)50-33(2)44(58)62-29-35-20-11-7-12-21-35/h6-14,18-23,32-33,37-39H,15-17,24-31H2,1-5H3,(H,48,59)(H,49,56)(H,50,55)(H,51,54)(H,52,60)/t32-,33-,37+,38-,39+/m1/s1. The van der Waals surface area contributed by atoms with E-state index in [-0.39, 0.29) is 45.9 Å². The lowest BCUT2D eigenvalue weighted by Crippen LogP contribution is -2.58. The monoisotopic (exact) mass is 886 g/mol. The first-order valence-corrected chi connectivity index (χ1v) is 21.6. The zero-order chi connectivity index (χ0) is 46.5. The van der Waals surface area contributed by atoms with Crippen LogP contribution in [0.15, 0.2) is 91.0 Å². The molecular weight excluding hydrogens is 825 g/mol. The Morgan fingerprint density at radius 3 is 1.83 bits per heavy atom. The summed E-state index contributed by atoms with van der Waals surface area (Å²) in [6.07, 6.45) is 0.274. The SMILES string of the molecule is C[C@@H](NC(=O)[C@@H]1CCCN1C(=O)[C@@H](COCc1ccccc1)NC(=O)OC(C)(C)C)C(=O)N[C@@H](CCCCNC(=O)OCc1ccccc1)C(=O)N[C@H](C)C(=O)OCc1ccccc1. The van der Waals surface area contributed by atoms with Crippen molar-refractivity contribution in [3.05, 3.63) is 108 Å². The van der Waals surface area contributed by atoms with Crippen molar-refractivity contribution in [2.75, 3.05) is 19.7 Å². The molecule has 0 radical (unpaired) electrons. The molecule has 5 N–H and O–H groups in total. The predicted molar refractivity (Wildman–Crippen MR) is 236 cm³/mol. The average molecular weight is 887 g/mol. The number of likely N-dealkylation sites (tertiary alicyclic amines) is 1. The van der Waals surface area contributed by atoms with Crippen LogP contribution in [0.25, 0.3) is 0 Å². The fraction of sp³-hybridized carbons (Fsp3) is 0.468. The van der Waals surface area contributed by atoms with Crippen molar-refractivity contribution >= 4 is 41.8 Å². The van der Waals surface area contributed by atoms with E-state index in [1.807, 2.05) is 78.9 Å². The number of ether oxygens (including phenoxy) is 4. The summed E-state index contributed by atoms with van der Waals surface area (Å²) in [6.45, 7) is 8.53. The van der Waals surface area contributed by atoms with Gasteiger partial charge in [0.15, 0.2) is 0 Å². The lowest BCUT2D eigenvalue weighted by molar-refractivity contribution is -0.148. The van der Waals surface area contributed by atoms with E-state index in [4.69, 9.17) is 18.9 Å². The maximum atomic E-state index is 14.0. The third-order valence-electron chi connectivity index (χ3n) is 9.95. The number of rotatable bonds is 22. The van der Waals surface area contributed by atoms with Crippen LogP contribution in [0.3, 0.4) is 0 Å². The van der Waals surface area contributed by atoms with Gasteiger partial charge >= 0.3 is 18.2 Å². The number of carbonyl (C=O) groups is 7. The summed E-state index contributed by atoms with van der Waals surface area (Å²) in [5.41, 5.74) is 1.63. The fourth-order valence-electron chi connectivity index (χ4n) is 6.60. The molecule has 6 amide bonds. The van der Waals surface area contributed by atoms with E-state index in [9.17, 15) is 33.6 Å². The molecule has 5 atom stereocenters. The highest BCUT2D eigenvalue weighted by Crippen LogP contribution is 2.20. The smallest absolute Gasteiger partial charge is 0.408 e. The molecule has 1 saturated heterocycles. The number of unbranched alkanes of at least 4 members (excludes halogenated alkanes) is 1. The Morgan fingerprint density at radius 2 is 1.23 bits per heavy atom. The predicted octanol–water partition coefficient (Wildman–Crippen LogP) is 4.42. The van der Waals surface area contributed by atoms with Gasteiger partial charge in [-0.05, 0) is 83.4 Å². The highest BCUT2D eigenvalue weighted by molar-refractivity contribution is 5.96. The molecule has 346 valence electrons. The Bertz CT molecular complexity index is 1980. The van der Waals surface area contributed by atoms with E-state index >= 15 is 0 Å². The van der Waals surface area contributed by atoms with Crippen LogP contribution in [0.5, 0.6) is 0 Å². The van der Waals surface area contributed by atoms with Gasteiger partial charge in [-0.3, -0.25) is 19.2 Å². The molecule has 0 unspecified atom stereocenters. The molecule has 1 aliphatic rings. The van der Waals surface area contributed by atoms with Gasteiger partial charge in [-0.25, -0.2) is 14.4 Å². The van der Waals surface area contributed by atoms with Crippen molar-refractivity contribution in [1.82, 2.24) is 31.5 Å². The summed E-state index contributed by atoms with van der Waals surface area (Å²) < 4.78 is 21.9. The minimum absolute atomic E-state index is 0.00497. The molecule has 0 aromatic heterocycles. The second-order valence-electron chi connectivity index (χ2n) is 16.5. The third-order valence-corrected chi connectivity index (χ3v) is 9.95.